The van der Waals surface area contributed by atoms with Crippen molar-refractivity contribution in [3.8, 4) is 17.1 Å². The van der Waals surface area contributed by atoms with Gasteiger partial charge in [-0.3, -0.25) is 0 Å². The van der Waals surface area contributed by atoms with Crippen molar-refractivity contribution in [2.75, 3.05) is 0 Å². The fourth-order valence-corrected chi connectivity index (χ4v) is 2.44. The summed E-state index contributed by atoms with van der Waals surface area (Å²) in [4.78, 5) is 8.59. The number of benzene rings is 1. The number of aromatic nitrogens is 5. The first-order valence-corrected chi connectivity index (χ1v) is 6.82. The van der Waals surface area contributed by atoms with Gasteiger partial charge in [-0.25, -0.2) is 19.0 Å². The lowest BCUT2D eigenvalue weighted by Crippen LogP contribution is -2.01. The Morgan fingerprint density at radius 1 is 1.00 bits per heavy atom. The van der Waals surface area contributed by atoms with Gasteiger partial charge in [0.15, 0.2) is 5.82 Å². The molecule has 0 bridgehead atoms. The molecule has 0 atom stereocenters. The third kappa shape index (κ3) is 1.96. The largest absolute Gasteiger partial charge is 0.302 e. The van der Waals surface area contributed by atoms with Gasteiger partial charge < -0.3 is 4.40 Å². The van der Waals surface area contributed by atoms with Gasteiger partial charge in [0.05, 0.1) is 5.69 Å². The highest BCUT2D eigenvalue weighted by molar-refractivity contribution is 5.58. The topological polar surface area (TPSA) is 48.0 Å². The minimum absolute atomic E-state index is 0.273. The number of nitrogens with zero attached hydrogens (tertiary/aromatic N) is 5. The van der Waals surface area contributed by atoms with Crippen LogP contribution in [-0.2, 0) is 0 Å². The molecule has 5 nitrogen and oxygen atoms in total. The Morgan fingerprint density at radius 2 is 1.82 bits per heavy atom. The van der Waals surface area contributed by atoms with Crippen LogP contribution in [0.3, 0.4) is 0 Å². The van der Waals surface area contributed by atoms with E-state index >= 15 is 0 Å². The lowest BCUT2D eigenvalue weighted by atomic mass is 10.2. The van der Waals surface area contributed by atoms with E-state index in [-0.39, 0.29) is 5.82 Å². The van der Waals surface area contributed by atoms with E-state index in [0.29, 0.717) is 5.82 Å². The molecule has 3 heterocycles. The number of halogens is 1. The smallest absolute Gasteiger partial charge is 0.163 e. The molecule has 4 rings (SSSR count). The zero-order valence-corrected chi connectivity index (χ0v) is 11.8. The van der Waals surface area contributed by atoms with Gasteiger partial charge in [0.1, 0.15) is 17.8 Å². The summed E-state index contributed by atoms with van der Waals surface area (Å²) in [5, 5.41) is 4.28. The fraction of sp³-hybridized carbons (Fsp3) is 0.0625. The summed E-state index contributed by atoms with van der Waals surface area (Å²) in [6.07, 6.45) is 5.27. The molecule has 0 aliphatic carbocycles. The Labute approximate surface area is 125 Å². The lowest BCUT2D eigenvalue weighted by Gasteiger charge is -2.07. The van der Waals surface area contributed by atoms with Crippen molar-refractivity contribution in [2.45, 2.75) is 6.92 Å². The SMILES string of the molecule is Cc1cnc2ccc(-n3ncnc3-c3ccc(F)cc3)cn12. The molecule has 0 amide bonds. The minimum Gasteiger partial charge on any atom is -0.302 e. The third-order valence-electron chi connectivity index (χ3n) is 3.57. The van der Waals surface area contributed by atoms with Crippen molar-refractivity contribution >= 4 is 5.65 Å². The summed E-state index contributed by atoms with van der Waals surface area (Å²) in [7, 11) is 0. The van der Waals surface area contributed by atoms with Crippen molar-refractivity contribution < 1.29 is 4.39 Å². The summed E-state index contributed by atoms with van der Waals surface area (Å²) < 4.78 is 16.8. The summed E-state index contributed by atoms with van der Waals surface area (Å²) in [5.41, 5.74) is 3.59. The Bertz CT molecular complexity index is 952. The average Bonchev–Trinajstić information content (AvgIpc) is 3.15. The average molecular weight is 293 g/mol. The first-order valence-electron chi connectivity index (χ1n) is 6.82. The monoisotopic (exact) mass is 293 g/mol. The Kier molecular flexibility index (Phi) is 2.75. The second-order valence-electron chi connectivity index (χ2n) is 5.02. The molecule has 0 spiro atoms. The van der Waals surface area contributed by atoms with Gasteiger partial charge in [-0.05, 0) is 43.3 Å². The van der Waals surface area contributed by atoms with E-state index in [4.69, 9.17) is 0 Å². The van der Waals surface area contributed by atoms with Crippen molar-refractivity contribution in [1.82, 2.24) is 24.1 Å². The summed E-state index contributed by atoms with van der Waals surface area (Å²) >= 11 is 0. The highest BCUT2D eigenvalue weighted by Gasteiger charge is 2.10. The van der Waals surface area contributed by atoms with Gasteiger partial charge in [0.2, 0.25) is 0 Å². The van der Waals surface area contributed by atoms with Crippen LogP contribution in [0.2, 0.25) is 0 Å². The molecule has 0 saturated heterocycles. The molecule has 0 N–H and O–H groups in total. The summed E-state index contributed by atoms with van der Waals surface area (Å²) in [6.45, 7) is 1.99. The lowest BCUT2D eigenvalue weighted by molar-refractivity contribution is 0.628. The van der Waals surface area contributed by atoms with E-state index in [1.54, 1.807) is 16.8 Å². The molecule has 22 heavy (non-hydrogen) atoms. The molecular formula is C16H12FN5. The number of imidazole rings is 1. The number of pyridine rings is 1. The molecule has 0 saturated carbocycles. The van der Waals surface area contributed by atoms with E-state index in [1.165, 1.54) is 18.5 Å². The van der Waals surface area contributed by atoms with Gasteiger partial charge in [0.25, 0.3) is 0 Å². The second-order valence-corrected chi connectivity index (χ2v) is 5.02. The van der Waals surface area contributed by atoms with Crippen LogP contribution in [0.1, 0.15) is 5.69 Å². The van der Waals surface area contributed by atoms with Crippen molar-refractivity contribution in [3.63, 3.8) is 0 Å². The first kappa shape index (κ1) is 12.7. The van der Waals surface area contributed by atoms with Crippen LogP contribution in [0.15, 0.2) is 55.1 Å². The zero-order valence-electron chi connectivity index (χ0n) is 11.8. The van der Waals surface area contributed by atoms with Crippen LogP contribution in [-0.4, -0.2) is 24.1 Å². The van der Waals surface area contributed by atoms with Gasteiger partial charge >= 0.3 is 0 Å². The number of aryl methyl sites for hydroxylation is 1. The van der Waals surface area contributed by atoms with Crippen LogP contribution in [0.5, 0.6) is 0 Å². The molecule has 0 aliphatic heterocycles. The van der Waals surface area contributed by atoms with E-state index in [1.807, 2.05) is 35.9 Å². The maximum atomic E-state index is 13.1. The number of rotatable bonds is 2. The minimum atomic E-state index is -0.273. The maximum absolute atomic E-state index is 13.1. The maximum Gasteiger partial charge on any atom is 0.163 e. The standard InChI is InChI=1S/C16H12FN5/c1-11-8-18-15-7-6-14(9-21(11)15)22-16(19-10-20-22)12-2-4-13(17)5-3-12/h2-10H,1H3. The Hall–Kier alpha value is -3.02. The second kappa shape index (κ2) is 4.77. The van der Waals surface area contributed by atoms with Crippen molar-refractivity contribution in [3.05, 3.63) is 66.6 Å². The first-order chi connectivity index (χ1) is 10.7. The Morgan fingerprint density at radius 3 is 2.64 bits per heavy atom. The molecule has 0 unspecified atom stereocenters. The number of fused-ring (bicyclic) bond motifs is 1. The number of hydrogen-bond acceptors (Lipinski definition) is 3. The predicted molar refractivity (Wildman–Crippen MR) is 80.2 cm³/mol. The van der Waals surface area contributed by atoms with Gasteiger partial charge in [-0.2, -0.15) is 5.10 Å². The summed E-state index contributed by atoms with van der Waals surface area (Å²) in [6, 6.07) is 10.1. The third-order valence-corrected chi connectivity index (χ3v) is 3.57. The molecule has 6 heteroatoms. The van der Waals surface area contributed by atoms with E-state index in [0.717, 1.165) is 22.6 Å². The quantitative estimate of drug-likeness (QED) is 0.571. The molecule has 3 aromatic heterocycles. The van der Waals surface area contributed by atoms with Gasteiger partial charge in [0, 0.05) is 23.7 Å². The van der Waals surface area contributed by atoms with Gasteiger partial charge in [-0.1, -0.05) is 0 Å². The molecule has 0 fully saturated rings. The van der Waals surface area contributed by atoms with E-state index < -0.39 is 0 Å². The highest BCUT2D eigenvalue weighted by Crippen LogP contribution is 2.21. The fourth-order valence-electron chi connectivity index (χ4n) is 2.44. The van der Waals surface area contributed by atoms with Crippen LogP contribution in [0, 0.1) is 12.7 Å². The van der Waals surface area contributed by atoms with E-state index in [2.05, 4.69) is 15.1 Å². The normalized spacial score (nSPS) is 11.2. The number of hydrogen-bond donors (Lipinski definition) is 0. The van der Waals surface area contributed by atoms with Crippen LogP contribution >= 0.6 is 0 Å². The van der Waals surface area contributed by atoms with Crippen molar-refractivity contribution in [1.29, 1.82) is 0 Å². The van der Waals surface area contributed by atoms with Gasteiger partial charge in [-0.15, -0.1) is 0 Å². The molecule has 4 aromatic rings. The summed E-state index contributed by atoms with van der Waals surface area (Å²) in [5.74, 6) is 0.391. The molecule has 0 radical (unpaired) electrons. The Balaban J connectivity index is 1.87. The zero-order chi connectivity index (χ0) is 15.1. The molecule has 0 aliphatic rings. The molecule has 1 aromatic carbocycles. The predicted octanol–water partition coefficient (Wildman–Crippen LogP) is 3.03. The van der Waals surface area contributed by atoms with Crippen LogP contribution < -0.4 is 0 Å². The van der Waals surface area contributed by atoms with Crippen LogP contribution in [0.4, 0.5) is 4.39 Å². The van der Waals surface area contributed by atoms with Crippen molar-refractivity contribution in [2.24, 2.45) is 0 Å². The van der Waals surface area contributed by atoms with Crippen LogP contribution in [0.25, 0.3) is 22.7 Å². The van der Waals surface area contributed by atoms with E-state index in [9.17, 15) is 4.39 Å². The molecule has 108 valence electrons. The molecular weight excluding hydrogens is 281 g/mol. The highest BCUT2D eigenvalue weighted by atomic mass is 19.1.